The second kappa shape index (κ2) is 4.90. The lowest BCUT2D eigenvalue weighted by Crippen LogP contribution is -2.34. The highest BCUT2D eigenvalue weighted by molar-refractivity contribution is 5.57. The summed E-state index contributed by atoms with van der Waals surface area (Å²) in [6.45, 7) is 6.18. The Kier molecular flexibility index (Phi) is 3.22. The standard InChI is InChI=1S/C15H19FN4/c1-10-7-14(12(11(2)17)8-13(10)16)20-6-5-19-4-3-18-15(19)9-20/h3-4,7-8,11H,5-6,9,17H2,1-2H3/t11-/m0/s1. The summed E-state index contributed by atoms with van der Waals surface area (Å²) in [7, 11) is 0. The topological polar surface area (TPSA) is 47.1 Å². The van der Waals surface area contributed by atoms with Gasteiger partial charge in [0.05, 0.1) is 6.54 Å². The second-order valence-corrected chi connectivity index (χ2v) is 5.41. The quantitative estimate of drug-likeness (QED) is 0.914. The van der Waals surface area contributed by atoms with E-state index in [9.17, 15) is 4.39 Å². The van der Waals surface area contributed by atoms with Crippen LogP contribution in [-0.2, 0) is 13.1 Å². The number of benzene rings is 1. The van der Waals surface area contributed by atoms with Crippen LogP contribution in [0.25, 0.3) is 0 Å². The Morgan fingerprint density at radius 1 is 1.35 bits per heavy atom. The lowest BCUT2D eigenvalue weighted by Gasteiger charge is -2.32. The summed E-state index contributed by atoms with van der Waals surface area (Å²) in [5.41, 5.74) is 8.53. The van der Waals surface area contributed by atoms with Gasteiger partial charge in [0.25, 0.3) is 0 Å². The maximum atomic E-state index is 13.8. The fourth-order valence-electron chi connectivity index (χ4n) is 2.70. The first-order valence-corrected chi connectivity index (χ1v) is 6.87. The van der Waals surface area contributed by atoms with Crippen LogP contribution in [-0.4, -0.2) is 16.1 Å². The molecule has 2 aromatic rings. The highest BCUT2D eigenvalue weighted by atomic mass is 19.1. The molecule has 1 aromatic heterocycles. The summed E-state index contributed by atoms with van der Waals surface area (Å²) in [4.78, 5) is 6.59. The molecule has 20 heavy (non-hydrogen) atoms. The van der Waals surface area contributed by atoms with Gasteiger partial charge in [-0.05, 0) is 37.1 Å². The zero-order valence-corrected chi connectivity index (χ0v) is 11.8. The van der Waals surface area contributed by atoms with E-state index in [4.69, 9.17) is 5.73 Å². The molecule has 0 saturated carbocycles. The molecule has 1 atom stereocenters. The van der Waals surface area contributed by atoms with Gasteiger partial charge in [0.2, 0.25) is 0 Å². The summed E-state index contributed by atoms with van der Waals surface area (Å²) < 4.78 is 15.9. The van der Waals surface area contributed by atoms with E-state index in [1.54, 1.807) is 13.0 Å². The van der Waals surface area contributed by atoms with Crippen molar-refractivity contribution in [2.75, 3.05) is 11.4 Å². The highest BCUT2D eigenvalue weighted by Gasteiger charge is 2.21. The smallest absolute Gasteiger partial charge is 0.128 e. The predicted octanol–water partition coefficient (Wildman–Crippen LogP) is 2.37. The zero-order valence-electron chi connectivity index (χ0n) is 11.8. The molecule has 0 spiro atoms. The molecule has 0 saturated heterocycles. The van der Waals surface area contributed by atoms with Crippen LogP contribution >= 0.6 is 0 Å². The number of hydrogen-bond donors (Lipinski definition) is 1. The SMILES string of the molecule is Cc1cc(N2CCn3ccnc3C2)c([C@H](C)N)cc1F. The molecule has 2 N–H and O–H groups in total. The number of anilines is 1. The van der Waals surface area contributed by atoms with Gasteiger partial charge in [0, 0.05) is 37.2 Å². The Hall–Kier alpha value is -1.88. The van der Waals surface area contributed by atoms with Gasteiger partial charge in [0.1, 0.15) is 11.6 Å². The Morgan fingerprint density at radius 3 is 2.90 bits per heavy atom. The molecule has 5 heteroatoms. The van der Waals surface area contributed by atoms with Crippen molar-refractivity contribution in [3.8, 4) is 0 Å². The Balaban J connectivity index is 2.00. The number of rotatable bonds is 2. The predicted molar refractivity (Wildman–Crippen MR) is 77.0 cm³/mol. The van der Waals surface area contributed by atoms with Gasteiger partial charge in [-0.1, -0.05) is 0 Å². The van der Waals surface area contributed by atoms with Crippen molar-refractivity contribution in [3.05, 3.63) is 47.3 Å². The molecule has 4 nitrogen and oxygen atoms in total. The van der Waals surface area contributed by atoms with Gasteiger partial charge in [-0.2, -0.15) is 0 Å². The van der Waals surface area contributed by atoms with Gasteiger partial charge in [-0.15, -0.1) is 0 Å². The van der Waals surface area contributed by atoms with Crippen LogP contribution in [0.15, 0.2) is 24.5 Å². The molecule has 0 fully saturated rings. The minimum Gasteiger partial charge on any atom is -0.362 e. The first kappa shape index (κ1) is 13.1. The molecule has 0 bridgehead atoms. The Labute approximate surface area is 118 Å². The number of aromatic nitrogens is 2. The van der Waals surface area contributed by atoms with Gasteiger partial charge < -0.3 is 15.2 Å². The van der Waals surface area contributed by atoms with Crippen LogP contribution < -0.4 is 10.6 Å². The average Bonchev–Trinajstić information content (AvgIpc) is 2.88. The van der Waals surface area contributed by atoms with Crippen molar-refractivity contribution < 1.29 is 4.39 Å². The minimum absolute atomic E-state index is 0.193. The summed E-state index contributed by atoms with van der Waals surface area (Å²) in [6.07, 6.45) is 3.82. The van der Waals surface area contributed by atoms with Crippen LogP contribution in [0, 0.1) is 12.7 Å². The summed E-state index contributed by atoms with van der Waals surface area (Å²) in [5, 5.41) is 0. The van der Waals surface area contributed by atoms with Crippen LogP contribution in [0.5, 0.6) is 0 Å². The van der Waals surface area contributed by atoms with Gasteiger partial charge >= 0.3 is 0 Å². The summed E-state index contributed by atoms with van der Waals surface area (Å²) >= 11 is 0. The highest BCUT2D eigenvalue weighted by Crippen LogP contribution is 2.30. The molecule has 1 aliphatic rings. The van der Waals surface area contributed by atoms with Crippen molar-refractivity contribution in [1.82, 2.24) is 9.55 Å². The normalized spacial score (nSPS) is 16.1. The molecule has 0 amide bonds. The van der Waals surface area contributed by atoms with E-state index in [-0.39, 0.29) is 11.9 Å². The fourth-order valence-corrected chi connectivity index (χ4v) is 2.70. The third-order valence-corrected chi connectivity index (χ3v) is 3.88. The first-order valence-electron chi connectivity index (χ1n) is 6.87. The van der Waals surface area contributed by atoms with E-state index >= 15 is 0 Å². The number of imidazole rings is 1. The molecular weight excluding hydrogens is 255 g/mol. The van der Waals surface area contributed by atoms with Crippen LogP contribution in [0.1, 0.15) is 29.9 Å². The van der Waals surface area contributed by atoms with E-state index in [2.05, 4.69) is 14.5 Å². The van der Waals surface area contributed by atoms with E-state index < -0.39 is 0 Å². The van der Waals surface area contributed by atoms with Crippen molar-refractivity contribution in [1.29, 1.82) is 0 Å². The molecule has 1 aromatic carbocycles. The molecule has 3 rings (SSSR count). The van der Waals surface area contributed by atoms with Crippen LogP contribution in [0.3, 0.4) is 0 Å². The zero-order chi connectivity index (χ0) is 14.3. The second-order valence-electron chi connectivity index (χ2n) is 5.41. The van der Waals surface area contributed by atoms with Crippen molar-refractivity contribution >= 4 is 5.69 Å². The monoisotopic (exact) mass is 274 g/mol. The summed E-state index contributed by atoms with van der Waals surface area (Å²) in [5.74, 6) is 0.841. The molecule has 2 heterocycles. The number of nitrogens with two attached hydrogens (primary N) is 1. The molecule has 0 unspecified atom stereocenters. The third-order valence-electron chi connectivity index (χ3n) is 3.88. The Bertz CT molecular complexity index is 633. The average molecular weight is 274 g/mol. The first-order chi connectivity index (χ1) is 9.56. The van der Waals surface area contributed by atoms with E-state index in [0.717, 1.165) is 36.7 Å². The molecule has 0 aliphatic carbocycles. The van der Waals surface area contributed by atoms with Crippen molar-refractivity contribution in [2.24, 2.45) is 5.73 Å². The largest absolute Gasteiger partial charge is 0.362 e. The van der Waals surface area contributed by atoms with Gasteiger partial charge in [-0.25, -0.2) is 9.37 Å². The number of aryl methyl sites for hydroxylation is 1. The van der Waals surface area contributed by atoms with Crippen molar-refractivity contribution in [2.45, 2.75) is 33.0 Å². The number of halogens is 1. The van der Waals surface area contributed by atoms with Gasteiger partial charge in [0.15, 0.2) is 0 Å². The third kappa shape index (κ3) is 2.18. The lowest BCUT2D eigenvalue weighted by molar-refractivity contribution is 0.555. The minimum atomic E-state index is -0.195. The van der Waals surface area contributed by atoms with E-state index in [0.29, 0.717) is 5.56 Å². The van der Waals surface area contributed by atoms with Crippen LogP contribution in [0.4, 0.5) is 10.1 Å². The lowest BCUT2D eigenvalue weighted by atomic mass is 10.0. The summed E-state index contributed by atoms with van der Waals surface area (Å²) in [6, 6.07) is 3.27. The van der Waals surface area contributed by atoms with E-state index in [1.807, 2.05) is 25.4 Å². The molecule has 0 radical (unpaired) electrons. The molecule has 1 aliphatic heterocycles. The number of nitrogens with zero attached hydrogens (tertiary/aromatic N) is 3. The maximum absolute atomic E-state index is 13.8. The van der Waals surface area contributed by atoms with Crippen LogP contribution in [0.2, 0.25) is 0 Å². The number of fused-ring (bicyclic) bond motifs is 1. The van der Waals surface area contributed by atoms with Gasteiger partial charge in [-0.3, -0.25) is 0 Å². The molecule has 106 valence electrons. The Morgan fingerprint density at radius 2 is 2.15 bits per heavy atom. The molecular formula is C15H19FN4. The van der Waals surface area contributed by atoms with E-state index in [1.165, 1.54) is 0 Å². The maximum Gasteiger partial charge on any atom is 0.128 e. The number of hydrogen-bond acceptors (Lipinski definition) is 3. The fraction of sp³-hybridized carbons (Fsp3) is 0.400. The van der Waals surface area contributed by atoms with Crippen molar-refractivity contribution in [3.63, 3.8) is 0 Å².